The van der Waals surface area contributed by atoms with Crippen molar-refractivity contribution < 1.29 is 8.42 Å². The van der Waals surface area contributed by atoms with Gasteiger partial charge in [-0.2, -0.15) is 17.4 Å². The lowest BCUT2D eigenvalue weighted by atomic mass is 10.3. The molecule has 0 atom stereocenters. The van der Waals surface area contributed by atoms with Crippen molar-refractivity contribution in [1.29, 1.82) is 0 Å². The van der Waals surface area contributed by atoms with Gasteiger partial charge >= 0.3 is 0 Å². The van der Waals surface area contributed by atoms with Gasteiger partial charge in [-0.25, -0.2) is 0 Å². The highest BCUT2D eigenvalue weighted by Gasteiger charge is 2.15. The second kappa shape index (κ2) is 6.40. The molecule has 84 valence electrons. The summed E-state index contributed by atoms with van der Waals surface area (Å²) in [4.78, 5) is 0. The minimum atomic E-state index is -3.39. The van der Waals surface area contributed by atoms with E-state index in [1.165, 1.54) is 11.4 Å². The maximum absolute atomic E-state index is 11.5. The average Bonchev–Trinajstić information content (AvgIpc) is 2.11. The lowest BCUT2D eigenvalue weighted by Gasteiger charge is -2.16. The van der Waals surface area contributed by atoms with E-state index in [9.17, 15) is 8.42 Å². The number of rotatable bonds is 7. The smallest absolute Gasteiger partial charge is 0.197 e. The molecule has 0 bridgehead atoms. The maximum Gasteiger partial charge on any atom is 0.279 e. The fourth-order valence-electron chi connectivity index (χ4n) is 0.781. The fraction of sp³-hybridized carbons (Fsp3) is 0.750. The molecule has 0 aliphatic carbocycles. The highest BCUT2D eigenvalue weighted by Crippen LogP contribution is 2.00. The number of hydrogen-bond donors (Lipinski definition) is 1. The Morgan fingerprint density at radius 3 is 2.57 bits per heavy atom. The predicted octanol–water partition coefficient (Wildman–Crippen LogP) is 1.31. The minimum absolute atomic E-state index is 0.0698. The molecule has 0 aromatic rings. The molecule has 0 saturated carbocycles. The highest BCUT2D eigenvalue weighted by atomic mass is 35.5. The van der Waals surface area contributed by atoms with Gasteiger partial charge in [0, 0.05) is 25.2 Å². The quantitative estimate of drug-likeness (QED) is 0.730. The van der Waals surface area contributed by atoms with E-state index in [1.54, 1.807) is 0 Å². The lowest BCUT2D eigenvalue weighted by molar-refractivity contribution is 0.451. The van der Waals surface area contributed by atoms with E-state index in [2.05, 4.69) is 11.3 Å². The van der Waals surface area contributed by atoms with Gasteiger partial charge < -0.3 is 0 Å². The van der Waals surface area contributed by atoms with E-state index >= 15 is 0 Å². The topological polar surface area (TPSA) is 49.4 Å². The monoisotopic (exact) mass is 240 g/mol. The number of nitrogens with zero attached hydrogens (tertiary/aromatic N) is 1. The molecule has 6 heteroatoms. The first-order valence-electron chi connectivity index (χ1n) is 4.44. The third kappa shape index (κ3) is 5.59. The molecule has 0 aromatic heterocycles. The molecule has 0 saturated heterocycles. The third-order valence-corrected chi connectivity index (χ3v) is 3.33. The molecule has 0 spiro atoms. The molecule has 0 heterocycles. The summed E-state index contributed by atoms with van der Waals surface area (Å²) in [6.07, 6.45) is 1.81. The van der Waals surface area contributed by atoms with Crippen molar-refractivity contribution in [2.24, 2.45) is 0 Å². The summed E-state index contributed by atoms with van der Waals surface area (Å²) in [5.74, 6) is 0. The second-order valence-corrected chi connectivity index (χ2v) is 5.42. The maximum atomic E-state index is 11.5. The number of halogens is 1. The second-order valence-electron chi connectivity index (χ2n) is 3.02. The van der Waals surface area contributed by atoms with Gasteiger partial charge in [0.05, 0.1) is 0 Å². The lowest BCUT2D eigenvalue weighted by Crippen LogP contribution is -2.39. The van der Waals surface area contributed by atoms with Crippen LogP contribution in [0.15, 0.2) is 11.6 Å². The van der Waals surface area contributed by atoms with E-state index in [1.807, 2.05) is 6.92 Å². The Labute approximate surface area is 91.1 Å². The minimum Gasteiger partial charge on any atom is -0.197 e. The zero-order valence-corrected chi connectivity index (χ0v) is 10.2. The summed E-state index contributed by atoms with van der Waals surface area (Å²) in [7, 11) is -1.85. The van der Waals surface area contributed by atoms with Gasteiger partial charge in [-0.3, -0.25) is 0 Å². The molecule has 0 unspecified atom stereocenters. The van der Waals surface area contributed by atoms with Crippen LogP contribution < -0.4 is 4.72 Å². The SMILES string of the molecule is C=C(Cl)CNS(=O)(=O)N(C)CCCC. The van der Waals surface area contributed by atoms with Crippen molar-refractivity contribution in [2.45, 2.75) is 19.8 Å². The van der Waals surface area contributed by atoms with Crippen LogP contribution in [0, 0.1) is 0 Å². The Morgan fingerprint density at radius 1 is 1.57 bits per heavy atom. The number of nitrogens with one attached hydrogen (secondary N) is 1. The Morgan fingerprint density at radius 2 is 2.14 bits per heavy atom. The van der Waals surface area contributed by atoms with Crippen LogP contribution in [0.4, 0.5) is 0 Å². The number of hydrogen-bond acceptors (Lipinski definition) is 2. The van der Waals surface area contributed by atoms with Crippen LogP contribution in [-0.2, 0) is 10.2 Å². The first-order chi connectivity index (χ1) is 6.40. The summed E-state index contributed by atoms with van der Waals surface area (Å²) in [6.45, 7) is 5.99. The van der Waals surface area contributed by atoms with Crippen LogP contribution in [0.1, 0.15) is 19.8 Å². The van der Waals surface area contributed by atoms with Crippen molar-refractivity contribution in [3.05, 3.63) is 11.6 Å². The van der Waals surface area contributed by atoms with E-state index in [-0.39, 0.29) is 11.6 Å². The Balaban J connectivity index is 4.10. The summed E-state index contributed by atoms with van der Waals surface area (Å²) < 4.78 is 26.5. The van der Waals surface area contributed by atoms with Crippen molar-refractivity contribution in [3.63, 3.8) is 0 Å². The predicted molar refractivity (Wildman–Crippen MR) is 59.5 cm³/mol. The van der Waals surface area contributed by atoms with Gasteiger partial charge in [-0.15, -0.1) is 0 Å². The molecule has 0 amide bonds. The van der Waals surface area contributed by atoms with E-state index in [0.29, 0.717) is 6.54 Å². The van der Waals surface area contributed by atoms with Crippen LogP contribution in [0.3, 0.4) is 0 Å². The molecule has 0 aliphatic heterocycles. The van der Waals surface area contributed by atoms with Crippen molar-refractivity contribution in [2.75, 3.05) is 20.1 Å². The molecule has 0 radical (unpaired) electrons. The molecule has 14 heavy (non-hydrogen) atoms. The summed E-state index contributed by atoms with van der Waals surface area (Å²) in [5, 5.41) is 0.275. The van der Waals surface area contributed by atoms with Crippen molar-refractivity contribution in [1.82, 2.24) is 9.03 Å². The van der Waals surface area contributed by atoms with Crippen LogP contribution >= 0.6 is 11.6 Å². The first kappa shape index (κ1) is 13.9. The van der Waals surface area contributed by atoms with Crippen LogP contribution in [0.5, 0.6) is 0 Å². The van der Waals surface area contributed by atoms with Crippen LogP contribution in [0.25, 0.3) is 0 Å². The van der Waals surface area contributed by atoms with Gasteiger partial charge in [-0.1, -0.05) is 31.5 Å². The zero-order valence-electron chi connectivity index (χ0n) is 8.59. The van der Waals surface area contributed by atoms with Gasteiger partial charge in [0.25, 0.3) is 10.2 Å². The molecular formula is C8H17ClN2O2S. The molecule has 4 nitrogen and oxygen atoms in total. The summed E-state index contributed by atoms with van der Waals surface area (Å²) >= 11 is 5.45. The third-order valence-electron chi connectivity index (χ3n) is 1.68. The summed E-state index contributed by atoms with van der Waals surface area (Å²) in [5.41, 5.74) is 0. The zero-order chi connectivity index (χ0) is 11.2. The Hall–Kier alpha value is -0.100. The standard InChI is InChI=1S/C8H17ClN2O2S/c1-4-5-6-11(3)14(12,13)10-7-8(2)9/h10H,2,4-7H2,1,3H3. The van der Waals surface area contributed by atoms with Crippen molar-refractivity contribution in [3.8, 4) is 0 Å². The molecular weight excluding hydrogens is 224 g/mol. The van der Waals surface area contributed by atoms with Crippen molar-refractivity contribution >= 4 is 21.8 Å². The highest BCUT2D eigenvalue weighted by molar-refractivity contribution is 7.87. The largest absolute Gasteiger partial charge is 0.279 e. The molecule has 0 aromatic carbocycles. The summed E-state index contributed by atoms with van der Waals surface area (Å²) in [6, 6.07) is 0. The van der Waals surface area contributed by atoms with Gasteiger partial charge in [0.2, 0.25) is 0 Å². The van der Waals surface area contributed by atoms with E-state index in [4.69, 9.17) is 11.6 Å². The first-order valence-corrected chi connectivity index (χ1v) is 6.26. The normalized spacial score (nSPS) is 12.0. The molecule has 0 rings (SSSR count). The molecule has 0 fully saturated rings. The Bertz CT molecular complexity index is 277. The van der Waals surface area contributed by atoms with Gasteiger partial charge in [0.1, 0.15) is 0 Å². The van der Waals surface area contributed by atoms with Crippen LogP contribution in [-0.4, -0.2) is 32.9 Å². The van der Waals surface area contributed by atoms with Gasteiger partial charge in [-0.05, 0) is 6.42 Å². The Kier molecular flexibility index (Phi) is 6.35. The average molecular weight is 241 g/mol. The van der Waals surface area contributed by atoms with E-state index in [0.717, 1.165) is 12.8 Å². The molecule has 0 aliphatic rings. The van der Waals surface area contributed by atoms with Gasteiger partial charge in [0.15, 0.2) is 0 Å². The van der Waals surface area contributed by atoms with Crippen LogP contribution in [0.2, 0.25) is 0 Å². The van der Waals surface area contributed by atoms with E-state index < -0.39 is 10.2 Å². The number of unbranched alkanes of at least 4 members (excludes halogenated alkanes) is 1. The molecule has 1 N–H and O–H groups in total. The fourth-order valence-corrected chi connectivity index (χ4v) is 1.87.